The zero-order chi connectivity index (χ0) is 15.9. The van der Waals surface area contributed by atoms with Gasteiger partial charge in [-0.3, -0.25) is 4.79 Å². The highest BCUT2D eigenvalue weighted by atomic mass is 35.5. The summed E-state index contributed by atoms with van der Waals surface area (Å²) in [6.07, 6.45) is 0.504. The first-order valence-electron chi connectivity index (χ1n) is 7.27. The van der Waals surface area contributed by atoms with Crippen LogP contribution in [0, 0.1) is 0 Å². The lowest BCUT2D eigenvalue weighted by Crippen LogP contribution is -2.29. The predicted octanol–water partition coefficient (Wildman–Crippen LogP) is 5.04. The quantitative estimate of drug-likeness (QED) is 0.690. The van der Waals surface area contributed by atoms with E-state index in [2.05, 4.69) is 6.92 Å². The molecule has 1 atom stereocenters. The maximum Gasteiger partial charge on any atom is 0.223 e. The molecule has 1 unspecified atom stereocenters. The second-order valence-electron chi connectivity index (χ2n) is 5.12. The van der Waals surface area contributed by atoms with Crippen LogP contribution in [-0.2, 0) is 4.79 Å². The van der Waals surface area contributed by atoms with Crippen molar-refractivity contribution in [3.63, 3.8) is 0 Å². The summed E-state index contributed by atoms with van der Waals surface area (Å²) in [5, 5.41) is 0.742. The monoisotopic (exact) mass is 333 g/mol. The number of rotatable bonds is 6. The van der Waals surface area contributed by atoms with Crippen LogP contribution in [0.2, 0.25) is 5.02 Å². The number of nitrogens with zero attached hydrogens (tertiary/aromatic N) is 1. The van der Waals surface area contributed by atoms with Crippen molar-refractivity contribution in [1.82, 2.24) is 4.90 Å². The number of hydrogen-bond donors (Lipinski definition) is 0. The Kier molecular flexibility index (Phi) is 6.34. The molecule has 2 nitrogen and oxygen atoms in total. The molecule has 0 radical (unpaired) electrons. The third-order valence-electron chi connectivity index (χ3n) is 3.67. The molecule has 2 rings (SSSR count). The first-order valence-corrected chi connectivity index (χ1v) is 8.64. The third kappa shape index (κ3) is 4.52. The molecule has 4 heteroatoms. The van der Waals surface area contributed by atoms with Crippen molar-refractivity contribution in [2.24, 2.45) is 0 Å². The van der Waals surface area contributed by atoms with E-state index in [1.54, 1.807) is 11.8 Å². The molecule has 0 fully saturated rings. The zero-order valence-corrected chi connectivity index (χ0v) is 14.4. The van der Waals surface area contributed by atoms with E-state index in [1.165, 1.54) is 0 Å². The van der Waals surface area contributed by atoms with Crippen molar-refractivity contribution >= 4 is 29.3 Å². The lowest BCUT2D eigenvalue weighted by Gasteiger charge is -2.25. The van der Waals surface area contributed by atoms with Crippen LogP contribution in [0.4, 0.5) is 0 Å². The van der Waals surface area contributed by atoms with Crippen molar-refractivity contribution in [2.45, 2.75) is 24.3 Å². The summed E-state index contributed by atoms with van der Waals surface area (Å²) in [4.78, 5) is 15.1. The van der Waals surface area contributed by atoms with Crippen LogP contribution in [0.3, 0.4) is 0 Å². The molecule has 0 heterocycles. The minimum atomic E-state index is 0.0824. The number of halogens is 1. The SMILES string of the molecule is CC(c1ccccc1)N(C)C(=O)CCSc1ccccc1Cl. The standard InChI is InChI=1S/C18H20ClNOS/c1-14(15-8-4-3-5-9-15)20(2)18(21)12-13-22-17-11-7-6-10-16(17)19/h3-11,14H,12-13H2,1-2H3. The fourth-order valence-corrected chi connectivity index (χ4v) is 3.33. The highest BCUT2D eigenvalue weighted by molar-refractivity contribution is 7.99. The van der Waals surface area contributed by atoms with E-state index in [-0.39, 0.29) is 11.9 Å². The average Bonchev–Trinajstić information content (AvgIpc) is 2.56. The predicted molar refractivity (Wildman–Crippen MR) is 94.4 cm³/mol. The Bertz CT molecular complexity index is 617. The van der Waals surface area contributed by atoms with Gasteiger partial charge in [0, 0.05) is 24.1 Å². The van der Waals surface area contributed by atoms with E-state index in [0.717, 1.165) is 21.2 Å². The van der Waals surface area contributed by atoms with Crippen LogP contribution in [0.25, 0.3) is 0 Å². The van der Waals surface area contributed by atoms with Crippen molar-refractivity contribution in [1.29, 1.82) is 0 Å². The maximum absolute atomic E-state index is 12.3. The smallest absolute Gasteiger partial charge is 0.223 e. The van der Waals surface area contributed by atoms with Crippen molar-refractivity contribution in [2.75, 3.05) is 12.8 Å². The number of carbonyl (C=O) groups is 1. The van der Waals surface area contributed by atoms with Crippen molar-refractivity contribution in [3.8, 4) is 0 Å². The average molecular weight is 334 g/mol. The van der Waals surface area contributed by atoms with Gasteiger partial charge in [0.15, 0.2) is 0 Å². The minimum Gasteiger partial charge on any atom is -0.339 e. The molecule has 22 heavy (non-hydrogen) atoms. The van der Waals surface area contributed by atoms with Gasteiger partial charge in [0.2, 0.25) is 5.91 Å². The van der Waals surface area contributed by atoms with Gasteiger partial charge in [0.25, 0.3) is 0 Å². The van der Waals surface area contributed by atoms with Gasteiger partial charge in [0.1, 0.15) is 0 Å². The Hall–Kier alpha value is -1.45. The summed E-state index contributed by atoms with van der Waals surface area (Å²) >= 11 is 7.74. The molecule has 2 aromatic carbocycles. The molecule has 0 aliphatic rings. The van der Waals surface area contributed by atoms with Gasteiger partial charge >= 0.3 is 0 Å². The van der Waals surface area contributed by atoms with E-state index in [0.29, 0.717) is 6.42 Å². The molecule has 0 bridgehead atoms. The van der Waals surface area contributed by atoms with E-state index in [9.17, 15) is 4.79 Å². The first kappa shape index (κ1) is 16.9. The number of benzene rings is 2. The molecular formula is C18H20ClNOS. The molecule has 0 saturated carbocycles. The Labute approximate surface area is 141 Å². The second kappa shape index (κ2) is 8.25. The highest BCUT2D eigenvalue weighted by Crippen LogP contribution is 2.27. The van der Waals surface area contributed by atoms with Gasteiger partial charge in [0.05, 0.1) is 11.1 Å². The van der Waals surface area contributed by atoms with Crippen molar-refractivity contribution in [3.05, 3.63) is 65.2 Å². The van der Waals surface area contributed by atoms with E-state index in [4.69, 9.17) is 11.6 Å². The van der Waals surface area contributed by atoms with Crippen molar-refractivity contribution < 1.29 is 4.79 Å². The fraction of sp³-hybridized carbons (Fsp3) is 0.278. The minimum absolute atomic E-state index is 0.0824. The normalized spacial score (nSPS) is 12.0. The largest absolute Gasteiger partial charge is 0.339 e. The molecular weight excluding hydrogens is 314 g/mol. The van der Waals surface area contributed by atoms with Gasteiger partial charge in [-0.15, -0.1) is 11.8 Å². The van der Waals surface area contributed by atoms with Crippen LogP contribution in [-0.4, -0.2) is 23.6 Å². The van der Waals surface area contributed by atoms with Crippen LogP contribution < -0.4 is 0 Å². The molecule has 0 aliphatic carbocycles. The number of thioether (sulfide) groups is 1. The summed E-state index contributed by atoms with van der Waals surface area (Å²) in [6.45, 7) is 2.05. The summed E-state index contributed by atoms with van der Waals surface area (Å²) in [7, 11) is 1.86. The third-order valence-corrected chi connectivity index (χ3v) is 5.18. The van der Waals surface area contributed by atoms with Gasteiger partial charge in [-0.2, -0.15) is 0 Å². The molecule has 2 aromatic rings. The number of amides is 1. The topological polar surface area (TPSA) is 20.3 Å². The Morgan fingerprint density at radius 1 is 1.14 bits per heavy atom. The molecule has 0 aromatic heterocycles. The lowest BCUT2D eigenvalue weighted by atomic mass is 10.1. The molecule has 0 saturated heterocycles. The van der Waals surface area contributed by atoms with Gasteiger partial charge in [-0.25, -0.2) is 0 Å². The zero-order valence-electron chi connectivity index (χ0n) is 12.8. The van der Waals surface area contributed by atoms with E-state index < -0.39 is 0 Å². The molecule has 1 amide bonds. The second-order valence-corrected chi connectivity index (χ2v) is 6.66. The lowest BCUT2D eigenvalue weighted by molar-refractivity contribution is -0.131. The van der Waals surface area contributed by atoms with Crippen LogP contribution in [0.5, 0.6) is 0 Å². The Morgan fingerprint density at radius 3 is 2.45 bits per heavy atom. The molecule has 116 valence electrons. The highest BCUT2D eigenvalue weighted by Gasteiger charge is 2.16. The molecule has 0 spiro atoms. The molecule has 0 aliphatic heterocycles. The van der Waals surface area contributed by atoms with Crippen LogP contribution in [0.15, 0.2) is 59.5 Å². The van der Waals surface area contributed by atoms with Gasteiger partial charge in [-0.1, -0.05) is 54.1 Å². The Balaban J connectivity index is 1.85. The fourth-order valence-electron chi connectivity index (χ4n) is 2.16. The van der Waals surface area contributed by atoms with E-state index >= 15 is 0 Å². The summed E-state index contributed by atoms with van der Waals surface area (Å²) < 4.78 is 0. The van der Waals surface area contributed by atoms with Crippen LogP contribution >= 0.6 is 23.4 Å². The molecule has 0 N–H and O–H groups in total. The Morgan fingerprint density at radius 2 is 1.77 bits per heavy atom. The summed E-state index contributed by atoms with van der Waals surface area (Å²) in [5.74, 6) is 0.880. The van der Waals surface area contributed by atoms with Gasteiger partial charge in [-0.05, 0) is 24.6 Å². The number of hydrogen-bond acceptors (Lipinski definition) is 2. The first-order chi connectivity index (χ1) is 10.6. The summed E-state index contributed by atoms with van der Waals surface area (Å²) in [5.41, 5.74) is 1.15. The maximum atomic E-state index is 12.3. The summed E-state index contributed by atoms with van der Waals surface area (Å²) in [6, 6.07) is 17.9. The number of carbonyl (C=O) groups excluding carboxylic acids is 1. The van der Waals surface area contributed by atoms with Crippen LogP contribution in [0.1, 0.15) is 24.9 Å². The van der Waals surface area contributed by atoms with E-state index in [1.807, 2.05) is 66.5 Å². The van der Waals surface area contributed by atoms with Gasteiger partial charge < -0.3 is 4.90 Å².